The SMILES string of the molecule is COC(=O)c1ccc2nccc(-c3cn[nH]c3-c3cccc(C)n3)c2c1. The molecule has 0 spiro atoms. The Bertz CT molecular complexity index is 1120. The third-order valence-electron chi connectivity index (χ3n) is 4.24. The number of ether oxygens (including phenoxy) is 1. The van der Waals surface area contributed by atoms with Crippen molar-refractivity contribution in [1.82, 2.24) is 20.2 Å². The lowest BCUT2D eigenvalue weighted by Gasteiger charge is -2.08. The molecule has 0 bridgehead atoms. The van der Waals surface area contributed by atoms with Gasteiger partial charge in [-0.3, -0.25) is 15.1 Å². The molecule has 0 radical (unpaired) electrons. The van der Waals surface area contributed by atoms with Gasteiger partial charge in [-0.1, -0.05) is 6.07 Å². The number of fused-ring (bicyclic) bond motifs is 1. The van der Waals surface area contributed by atoms with E-state index in [1.807, 2.05) is 37.3 Å². The Kier molecular flexibility index (Phi) is 3.93. The van der Waals surface area contributed by atoms with Gasteiger partial charge >= 0.3 is 5.97 Å². The summed E-state index contributed by atoms with van der Waals surface area (Å²) in [5, 5.41) is 8.10. The average Bonchev–Trinajstić information content (AvgIpc) is 3.16. The van der Waals surface area contributed by atoms with Gasteiger partial charge in [0, 0.05) is 22.8 Å². The lowest BCUT2D eigenvalue weighted by molar-refractivity contribution is 0.0601. The van der Waals surface area contributed by atoms with Gasteiger partial charge in [0.05, 0.1) is 35.8 Å². The quantitative estimate of drug-likeness (QED) is 0.572. The molecule has 0 amide bonds. The number of rotatable bonds is 3. The van der Waals surface area contributed by atoms with Crippen LogP contribution in [0.2, 0.25) is 0 Å². The van der Waals surface area contributed by atoms with E-state index in [1.165, 1.54) is 7.11 Å². The molecule has 0 aliphatic heterocycles. The van der Waals surface area contributed by atoms with Crippen molar-refractivity contribution in [3.63, 3.8) is 0 Å². The van der Waals surface area contributed by atoms with Crippen LogP contribution in [0.3, 0.4) is 0 Å². The molecular formula is C20H16N4O2. The maximum absolute atomic E-state index is 11.9. The molecule has 4 rings (SSSR count). The van der Waals surface area contributed by atoms with Gasteiger partial charge in [0.15, 0.2) is 0 Å². The Morgan fingerprint density at radius 1 is 1.12 bits per heavy atom. The number of H-pyrrole nitrogens is 1. The Morgan fingerprint density at radius 2 is 2.00 bits per heavy atom. The molecule has 0 saturated carbocycles. The molecule has 3 aromatic heterocycles. The number of hydrogen-bond donors (Lipinski definition) is 1. The molecule has 26 heavy (non-hydrogen) atoms. The molecule has 3 heterocycles. The minimum absolute atomic E-state index is 0.380. The number of nitrogens with zero attached hydrogens (tertiary/aromatic N) is 3. The van der Waals surface area contributed by atoms with E-state index in [4.69, 9.17) is 4.74 Å². The summed E-state index contributed by atoms with van der Waals surface area (Å²) in [5.41, 5.74) is 5.66. The Balaban J connectivity index is 1.93. The van der Waals surface area contributed by atoms with Crippen LogP contribution in [0.25, 0.3) is 33.4 Å². The van der Waals surface area contributed by atoms with Crippen LogP contribution in [0.4, 0.5) is 0 Å². The van der Waals surface area contributed by atoms with E-state index in [1.54, 1.807) is 24.5 Å². The predicted molar refractivity (Wildman–Crippen MR) is 98.6 cm³/mol. The van der Waals surface area contributed by atoms with Gasteiger partial charge < -0.3 is 4.74 Å². The van der Waals surface area contributed by atoms with Gasteiger partial charge in [-0.25, -0.2) is 4.79 Å². The molecular weight excluding hydrogens is 328 g/mol. The van der Waals surface area contributed by atoms with Crippen LogP contribution in [0, 0.1) is 6.92 Å². The molecule has 1 aromatic carbocycles. The zero-order valence-corrected chi connectivity index (χ0v) is 14.4. The molecule has 6 nitrogen and oxygen atoms in total. The molecule has 0 saturated heterocycles. The number of esters is 1. The highest BCUT2D eigenvalue weighted by Crippen LogP contribution is 2.34. The molecule has 4 aromatic rings. The second kappa shape index (κ2) is 6.40. The Labute approximate surface area is 149 Å². The van der Waals surface area contributed by atoms with Crippen molar-refractivity contribution in [3.8, 4) is 22.5 Å². The minimum atomic E-state index is -0.380. The number of aryl methyl sites for hydroxylation is 1. The normalized spacial score (nSPS) is 10.8. The van der Waals surface area contributed by atoms with Crippen LogP contribution < -0.4 is 0 Å². The first-order chi connectivity index (χ1) is 12.7. The molecule has 6 heteroatoms. The maximum atomic E-state index is 11.9. The van der Waals surface area contributed by atoms with Crippen LogP contribution in [-0.4, -0.2) is 33.2 Å². The number of hydrogen-bond acceptors (Lipinski definition) is 5. The summed E-state index contributed by atoms with van der Waals surface area (Å²) in [6, 6.07) is 13.1. The molecule has 1 N–H and O–H groups in total. The lowest BCUT2D eigenvalue weighted by Crippen LogP contribution is -2.01. The summed E-state index contributed by atoms with van der Waals surface area (Å²) in [7, 11) is 1.37. The topological polar surface area (TPSA) is 80.8 Å². The lowest BCUT2D eigenvalue weighted by atomic mass is 9.99. The zero-order chi connectivity index (χ0) is 18.1. The third kappa shape index (κ3) is 2.71. The van der Waals surface area contributed by atoms with Gasteiger partial charge in [-0.05, 0) is 48.9 Å². The highest BCUT2D eigenvalue weighted by molar-refractivity contribution is 6.01. The first-order valence-electron chi connectivity index (χ1n) is 8.12. The number of pyridine rings is 2. The average molecular weight is 344 g/mol. The number of carbonyl (C=O) groups excluding carboxylic acids is 1. The molecule has 0 aliphatic rings. The number of aromatic nitrogens is 4. The van der Waals surface area contributed by atoms with Gasteiger partial charge in [0.25, 0.3) is 0 Å². The monoisotopic (exact) mass is 344 g/mol. The van der Waals surface area contributed by atoms with E-state index < -0.39 is 0 Å². The van der Waals surface area contributed by atoms with Crippen molar-refractivity contribution >= 4 is 16.9 Å². The van der Waals surface area contributed by atoms with E-state index in [2.05, 4.69) is 20.2 Å². The molecule has 128 valence electrons. The van der Waals surface area contributed by atoms with Crippen molar-refractivity contribution in [3.05, 3.63) is 66.1 Å². The number of methoxy groups -OCH3 is 1. The largest absolute Gasteiger partial charge is 0.465 e. The molecule has 0 fully saturated rings. The summed E-state index contributed by atoms with van der Waals surface area (Å²) in [6.45, 7) is 1.95. The van der Waals surface area contributed by atoms with Crippen LogP contribution in [0.5, 0.6) is 0 Å². The summed E-state index contributed by atoms with van der Waals surface area (Å²) < 4.78 is 4.83. The maximum Gasteiger partial charge on any atom is 0.337 e. The number of benzene rings is 1. The smallest absolute Gasteiger partial charge is 0.337 e. The first kappa shape index (κ1) is 16.0. The van der Waals surface area contributed by atoms with E-state index >= 15 is 0 Å². The van der Waals surface area contributed by atoms with Crippen LogP contribution >= 0.6 is 0 Å². The summed E-state index contributed by atoms with van der Waals surface area (Å²) >= 11 is 0. The van der Waals surface area contributed by atoms with Crippen molar-refractivity contribution < 1.29 is 9.53 Å². The third-order valence-corrected chi connectivity index (χ3v) is 4.24. The fourth-order valence-corrected chi connectivity index (χ4v) is 2.99. The number of carbonyl (C=O) groups is 1. The molecule has 0 atom stereocenters. The molecule has 0 unspecified atom stereocenters. The van der Waals surface area contributed by atoms with E-state index in [0.717, 1.165) is 39.1 Å². The highest BCUT2D eigenvalue weighted by atomic mass is 16.5. The number of aromatic amines is 1. The standard InChI is InChI=1S/C20H16N4O2/c1-12-4-3-5-18(23-12)19-16(11-22-24-19)14-8-9-21-17-7-6-13(10-15(14)17)20(25)26-2/h3-11H,1-2H3,(H,22,24). The van der Waals surface area contributed by atoms with Crippen LogP contribution in [-0.2, 0) is 4.74 Å². The molecule has 0 aliphatic carbocycles. The Hall–Kier alpha value is -3.54. The van der Waals surface area contributed by atoms with Crippen LogP contribution in [0.15, 0.2) is 54.9 Å². The van der Waals surface area contributed by atoms with Gasteiger partial charge in [-0.15, -0.1) is 0 Å². The van der Waals surface area contributed by atoms with E-state index in [0.29, 0.717) is 5.56 Å². The fourth-order valence-electron chi connectivity index (χ4n) is 2.99. The Morgan fingerprint density at radius 3 is 2.81 bits per heavy atom. The predicted octanol–water partition coefficient (Wildman–Crippen LogP) is 3.78. The second-order valence-corrected chi connectivity index (χ2v) is 5.90. The summed E-state index contributed by atoms with van der Waals surface area (Å²) in [6.07, 6.45) is 3.51. The van der Waals surface area contributed by atoms with Gasteiger partial charge in [0.1, 0.15) is 0 Å². The van der Waals surface area contributed by atoms with Crippen molar-refractivity contribution in [1.29, 1.82) is 0 Å². The van der Waals surface area contributed by atoms with E-state index in [9.17, 15) is 4.79 Å². The first-order valence-corrected chi connectivity index (χ1v) is 8.12. The highest BCUT2D eigenvalue weighted by Gasteiger charge is 2.15. The van der Waals surface area contributed by atoms with Gasteiger partial charge in [0.2, 0.25) is 0 Å². The zero-order valence-electron chi connectivity index (χ0n) is 14.4. The minimum Gasteiger partial charge on any atom is -0.465 e. The van der Waals surface area contributed by atoms with Crippen molar-refractivity contribution in [2.75, 3.05) is 7.11 Å². The number of nitrogens with one attached hydrogen (secondary N) is 1. The van der Waals surface area contributed by atoms with Crippen molar-refractivity contribution in [2.45, 2.75) is 6.92 Å². The van der Waals surface area contributed by atoms with E-state index in [-0.39, 0.29) is 5.97 Å². The van der Waals surface area contributed by atoms with Crippen LogP contribution in [0.1, 0.15) is 16.1 Å². The summed E-state index contributed by atoms with van der Waals surface area (Å²) in [4.78, 5) is 20.9. The van der Waals surface area contributed by atoms with Crippen molar-refractivity contribution in [2.24, 2.45) is 0 Å². The van der Waals surface area contributed by atoms with Gasteiger partial charge in [-0.2, -0.15) is 5.10 Å². The fraction of sp³-hybridized carbons (Fsp3) is 0.100. The summed E-state index contributed by atoms with van der Waals surface area (Å²) in [5.74, 6) is -0.380. The second-order valence-electron chi connectivity index (χ2n) is 5.90.